The Balaban J connectivity index is 0.000000148. The topological polar surface area (TPSA) is 140 Å². The van der Waals surface area contributed by atoms with Crippen LogP contribution in [0.15, 0.2) is 195 Å². The van der Waals surface area contributed by atoms with Crippen LogP contribution in [0, 0.1) is 26.0 Å². The van der Waals surface area contributed by atoms with E-state index in [1.807, 2.05) is 139 Å². The number of rotatable bonds is 6. The summed E-state index contributed by atoms with van der Waals surface area (Å²) in [5, 5.41) is 17.9. The fourth-order valence-corrected chi connectivity index (χ4v) is 10.6. The van der Waals surface area contributed by atoms with Crippen molar-refractivity contribution in [3.63, 3.8) is 0 Å². The van der Waals surface area contributed by atoms with Crippen LogP contribution in [0.3, 0.4) is 0 Å². The van der Waals surface area contributed by atoms with E-state index in [-0.39, 0.29) is 21.1 Å². The Bertz CT molecular complexity index is 4820. The Morgan fingerprint density at radius 3 is 1.65 bits per heavy atom. The molecular weight excluding hydrogens is 1550 g/mol. The van der Waals surface area contributed by atoms with Crippen molar-refractivity contribution in [2.75, 3.05) is 0 Å². The monoisotopic (exact) mass is 1590 g/mol. The van der Waals surface area contributed by atoms with E-state index in [0.29, 0.717) is 23.3 Å². The Morgan fingerprint density at radius 1 is 0.452 bits per heavy atom. The van der Waals surface area contributed by atoms with Gasteiger partial charge in [0.25, 0.3) is 0 Å². The Hall–Kier alpha value is -4.79. The molecule has 0 radical (unpaired) electrons. The number of hydrogen-bond acceptors (Lipinski definition) is 10. The van der Waals surface area contributed by atoms with E-state index in [1.54, 1.807) is 18.6 Å². The van der Waals surface area contributed by atoms with Gasteiger partial charge in [-0.1, -0.05) is 76.5 Å². The largest absolute Gasteiger partial charge is 2.00 e. The van der Waals surface area contributed by atoms with Gasteiger partial charge in [-0.2, -0.15) is 22.3 Å². The molecule has 4 aromatic carbocycles. The van der Waals surface area contributed by atoms with Crippen LogP contribution in [-0.4, -0.2) is 121 Å². The molecule has 16 rings (SSSR count). The minimum absolute atomic E-state index is 0. The normalized spacial score (nSPS) is 11.7. The molecule has 84 heavy (non-hydrogen) atoms. The van der Waals surface area contributed by atoms with Crippen molar-refractivity contribution in [1.29, 1.82) is 0 Å². The molecule has 12 aromatic heterocycles. The summed E-state index contributed by atoms with van der Waals surface area (Å²) in [6.45, 7) is 3.91. The SMILES string of the molecule is Cc1[c-]c2c3nc(Oc4[c-]c5c(cc4)c4ccccc4n5-c4ccccn4)ccc3c3ccncc3n2n1.Cc1cc2c3nc(Oc4ccc5c6ccccc6n(-c6ccccn6)c5c4)ccc3c3ccncc3n2n1.[Cl][Pt]([Cl])([Cl])[Cl].[K][K].[Pt+2]. The molecule has 0 amide bonds. The summed E-state index contributed by atoms with van der Waals surface area (Å²) in [5.74, 6) is 3.95. The molecule has 16 aromatic rings. The first kappa shape index (κ1) is 59.5. The van der Waals surface area contributed by atoms with Gasteiger partial charge in [0.2, 0.25) is 5.88 Å². The van der Waals surface area contributed by atoms with Gasteiger partial charge < -0.3 is 19.0 Å². The number of halogens is 4. The van der Waals surface area contributed by atoms with Crippen LogP contribution >= 0.6 is 37.7 Å². The average Bonchev–Trinajstić information content (AvgIpc) is 1.80. The summed E-state index contributed by atoms with van der Waals surface area (Å²) >= 11 is -0.556. The number of aryl methyl sites for hydroxylation is 2. The molecule has 0 N–H and O–H groups in total. The van der Waals surface area contributed by atoms with Crippen LogP contribution in [0.4, 0.5) is 0 Å². The van der Waals surface area contributed by atoms with Crippen LogP contribution in [0.5, 0.6) is 23.3 Å². The van der Waals surface area contributed by atoms with Crippen molar-refractivity contribution in [3.05, 3.63) is 218 Å². The van der Waals surface area contributed by atoms with Crippen molar-refractivity contribution in [1.82, 2.24) is 58.3 Å². The maximum absolute atomic E-state index is 6.36. The third-order valence-electron chi connectivity index (χ3n) is 13.8. The fraction of sp³-hybridized carbons (Fsp3) is 0.0323. The number of hydrogen-bond donors (Lipinski definition) is 0. The number of benzene rings is 4. The third-order valence-corrected chi connectivity index (χ3v) is 13.8. The van der Waals surface area contributed by atoms with Crippen molar-refractivity contribution >= 4 is 199 Å². The summed E-state index contributed by atoms with van der Waals surface area (Å²) < 4.78 is 20.7. The zero-order chi connectivity index (χ0) is 56.9. The van der Waals surface area contributed by atoms with Crippen LogP contribution < -0.4 is 9.47 Å². The van der Waals surface area contributed by atoms with Crippen LogP contribution in [0.25, 0.3) is 110 Å². The quantitative estimate of drug-likeness (QED) is 0.0898. The summed E-state index contributed by atoms with van der Waals surface area (Å²) in [7, 11) is 20.0. The Morgan fingerprint density at radius 2 is 0.988 bits per heavy atom. The Kier molecular flexibility index (Phi) is 18.1. The van der Waals surface area contributed by atoms with Crippen molar-refractivity contribution in [3.8, 4) is 34.9 Å². The first-order chi connectivity index (χ1) is 40.5. The first-order valence-corrected chi connectivity index (χ1v) is 53.4. The second-order valence-corrected chi connectivity index (χ2v) is 38.4. The van der Waals surface area contributed by atoms with E-state index < -0.39 is 11.9 Å². The molecule has 0 saturated heterocycles. The summed E-state index contributed by atoms with van der Waals surface area (Å²) in [4.78, 5) is 27.7. The molecule has 0 bridgehead atoms. The van der Waals surface area contributed by atoms with E-state index >= 15 is 0 Å². The van der Waals surface area contributed by atoms with Gasteiger partial charge in [-0.15, -0.1) is 17.5 Å². The van der Waals surface area contributed by atoms with Crippen molar-refractivity contribution < 1.29 is 42.4 Å². The van der Waals surface area contributed by atoms with Gasteiger partial charge in [-0.05, 0) is 109 Å². The zero-order valence-electron chi connectivity index (χ0n) is 44.8. The van der Waals surface area contributed by atoms with E-state index in [1.165, 1.54) is 68.5 Å². The summed E-state index contributed by atoms with van der Waals surface area (Å²) in [6, 6.07) is 59.4. The molecule has 0 aliphatic carbocycles. The number of aromatic nitrogens is 12. The predicted octanol–water partition coefficient (Wildman–Crippen LogP) is 15.6. The molecule has 0 aliphatic heterocycles. The van der Waals surface area contributed by atoms with Crippen LogP contribution in [-0.2, 0) is 33.0 Å². The number of ether oxygens (including phenoxy) is 2. The molecule has 408 valence electrons. The van der Waals surface area contributed by atoms with Gasteiger partial charge in [-0.3, -0.25) is 19.1 Å². The predicted molar refractivity (Wildman–Crippen MR) is 331 cm³/mol. The number of fused-ring (bicyclic) bond motifs is 18. The standard InChI is InChI=1S/C31H20N6O.C31H18N6O.4ClH.2K.2Pt/c2*1-19-16-27-31-24(23-13-15-32-18-28(23)37(27)35-19)11-12-30(34-31)38-20-9-10-22-21-6-2-3-7-25(21)36(26(22)17-20)29-8-4-5-14-33-29;;;;;;;;/h2-18H,1H3;2-15,18H,1H3;4*1H;;;;/q;-2;;;;;;;+2;+4/p-4. The van der Waals surface area contributed by atoms with E-state index in [9.17, 15) is 0 Å². The number of para-hydroxylation sites is 2. The van der Waals surface area contributed by atoms with Gasteiger partial charge in [0.05, 0.1) is 45.7 Å². The van der Waals surface area contributed by atoms with Crippen LogP contribution in [0.1, 0.15) is 11.4 Å². The van der Waals surface area contributed by atoms with Gasteiger partial charge in [0, 0.05) is 69.7 Å². The molecule has 0 aliphatic rings. The minimum atomic E-state index is -3.06. The van der Waals surface area contributed by atoms with Crippen molar-refractivity contribution in [2.45, 2.75) is 13.8 Å². The zero-order valence-corrected chi connectivity index (χ0v) is 58.6. The molecule has 0 saturated carbocycles. The number of nitrogens with zero attached hydrogens (tertiary/aromatic N) is 12. The molecule has 0 atom stereocenters. The molecule has 0 fully saturated rings. The van der Waals surface area contributed by atoms with E-state index in [4.69, 9.17) is 57.1 Å². The van der Waals surface area contributed by atoms with Crippen LogP contribution in [0.2, 0.25) is 0 Å². The van der Waals surface area contributed by atoms with Gasteiger partial charge >= 0.3 is 134 Å². The first-order valence-electron chi connectivity index (χ1n) is 26.1. The molecule has 14 nitrogen and oxygen atoms in total. The number of pyridine rings is 8. The second-order valence-electron chi connectivity index (χ2n) is 18.8. The molecular formula is C62H38Cl4K2N12O2Pt2. The van der Waals surface area contributed by atoms with Gasteiger partial charge in [0.1, 0.15) is 22.9 Å². The summed E-state index contributed by atoms with van der Waals surface area (Å²) in [5.41, 5.74) is 11.0. The van der Waals surface area contributed by atoms with E-state index in [2.05, 4.69) is 112 Å². The second kappa shape index (κ2) is 25.5. The molecule has 0 spiro atoms. The molecule has 0 unspecified atom stereocenters. The average molecular weight is 1590 g/mol. The maximum Gasteiger partial charge on any atom is 2.00 e. The van der Waals surface area contributed by atoms with Gasteiger partial charge in [0.15, 0.2) is 5.88 Å². The Labute approximate surface area is 557 Å². The summed E-state index contributed by atoms with van der Waals surface area (Å²) in [6.07, 6.45) is 10.8. The third kappa shape index (κ3) is 11.8. The van der Waals surface area contributed by atoms with Crippen molar-refractivity contribution in [2.24, 2.45) is 0 Å². The molecule has 22 heteroatoms. The minimum Gasteiger partial charge on any atom is 2.00 e. The smallest absolute Gasteiger partial charge is 2.00 e. The van der Waals surface area contributed by atoms with E-state index in [0.717, 1.165) is 116 Å². The molecule has 12 heterocycles. The maximum atomic E-state index is 6.36. The fourth-order valence-electron chi connectivity index (χ4n) is 10.6. The van der Waals surface area contributed by atoms with Gasteiger partial charge in [-0.25, -0.2) is 19.5 Å².